The second-order valence-corrected chi connectivity index (χ2v) is 5.06. The number of piperidine rings is 1. The maximum absolute atomic E-state index is 11.1. The van der Waals surface area contributed by atoms with E-state index in [0.29, 0.717) is 12.0 Å². The van der Waals surface area contributed by atoms with E-state index >= 15 is 0 Å². The minimum absolute atomic E-state index is 0.0421. The molecular formula is C13H22N2O. The molecule has 1 aliphatic carbocycles. The third kappa shape index (κ3) is 2.91. The van der Waals surface area contributed by atoms with Gasteiger partial charge in [-0.1, -0.05) is 19.3 Å². The summed E-state index contributed by atoms with van der Waals surface area (Å²) in [5, 5.41) is 3.56. The monoisotopic (exact) mass is 222 g/mol. The minimum atomic E-state index is -0.0421. The van der Waals surface area contributed by atoms with E-state index in [1.165, 1.54) is 32.1 Å². The van der Waals surface area contributed by atoms with Gasteiger partial charge in [-0.25, -0.2) is 4.99 Å². The van der Waals surface area contributed by atoms with Crippen molar-refractivity contribution in [1.29, 1.82) is 0 Å². The fourth-order valence-corrected chi connectivity index (χ4v) is 3.03. The Morgan fingerprint density at radius 1 is 1.25 bits per heavy atom. The van der Waals surface area contributed by atoms with Crippen LogP contribution in [0.15, 0.2) is 4.99 Å². The zero-order valence-electron chi connectivity index (χ0n) is 10.2. The molecule has 2 fully saturated rings. The van der Waals surface area contributed by atoms with Gasteiger partial charge in [-0.2, -0.15) is 0 Å². The second kappa shape index (κ2) is 5.58. The van der Waals surface area contributed by atoms with E-state index in [1.807, 2.05) is 0 Å². The lowest BCUT2D eigenvalue weighted by atomic mass is 9.80. The van der Waals surface area contributed by atoms with Crippen LogP contribution in [0.3, 0.4) is 0 Å². The van der Waals surface area contributed by atoms with Gasteiger partial charge < -0.3 is 5.32 Å². The van der Waals surface area contributed by atoms with Crippen LogP contribution in [0.25, 0.3) is 0 Å². The van der Waals surface area contributed by atoms with Crippen LogP contribution in [0, 0.1) is 5.92 Å². The molecular weight excluding hydrogens is 200 g/mol. The van der Waals surface area contributed by atoms with Crippen molar-refractivity contribution in [2.75, 3.05) is 6.54 Å². The summed E-state index contributed by atoms with van der Waals surface area (Å²) in [6, 6.07) is 0.387. The standard InChI is InChI=1S/C13H22N2O/c1-10(16)15-12-8-5-9-14-13(12)11-6-3-2-4-7-11/h11,13-14H,2-9H2,1H3. The molecule has 1 amide bonds. The van der Waals surface area contributed by atoms with E-state index in [0.717, 1.165) is 25.1 Å². The van der Waals surface area contributed by atoms with E-state index in [2.05, 4.69) is 10.3 Å². The van der Waals surface area contributed by atoms with E-state index in [1.54, 1.807) is 6.92 Å². The van der Waals surface area contributed by atoms with Crippen molar-refractivity contribution in [2.45, 2.75) is 57.9 Å². The van der Waals surface area contributed by atoms with Gasteiger partial charge in [0.1, 0.15) is 0 Å². The van der Waals surface area contributed by atoms with Crippen LogP contribution in [-0.4, -0.2) is 24.2 Å². The zero-order chi connectivity index (χ0) is 11.4. The zero-order valence-corrected chi connectivity index (χ0v) is 10.2. The molecule has 3 heteroatoms. The smallest absolute Gasteiger partial charge is 0.242 e. The van der Waals surface area contributed by atoms with E-state index in [-0.39, 0.29) is 5.91 Å². The average molecular weight is 222 g/mol. The van der Waals surface area contributed by atoms with Crippen molar-refractivity contribution < 1.29 is 4.79 Å². The molecule has 1 aliphatic heterocycles. The highest BCUT2D eigenvalue weighted by Gasteiger charge is 2.29. The normalized spacial score (nSPS) is 30.6. The highest BCUT2D eigenvalue weighted by Crippen LogP contribution is 2.29. The fraction of sp³-hybridized carbons (Fsp3) is 0.846. The number of hydrogen-bond donors (Lipinski definition) is 1. The molecule has 1 saturated carbocycles. The first kappa shape index (κ1) is 11.8. The first-order valence-electron chi connectivity index (χ1n) is 6.59. The van der Waals surface area contributed by atoms with Gasteiger partial charge in [-0.05, 0) is 38.1 Å². The highest BCUT2D eigenvalue weighted by atomic mass is 16.1. The largest absolute Gasteiger partial charge is 0.309 e. The van der Waals surface area contributed by atoms with Gasteiger partial charge in [0, 0.05) is 18.7 Å². The quantitative estimate of drug-likeness (QED) is 0.739. The first-order chi connectivity index (χ1) is 7.77. The molecule has 0 aromatic rings. The topological polar surface area (TPSA) is 41.5 Å². The molecule has 1 saturated heterocycles. The van der Waals surface area contributed by atoms with Crippen molar-refractivity contribution in [3.05, 3.63) is 0 Å². The number of aliphatic imine (C=N–C) groups is 1. The van der Waals surface area contributed by atoms with Crippen LogP contribution in [0.2, 0.25) is 0 Å². The molecule has 0 aromatic heterocycles. The van der Waals surface area contributed by atoms with Gasteiger partial charge >= 0.3 is 0 Å². The highest BCUT2D eigenvalue weighted by molar-refractivity contribution is 5.98. The van der Waals surface area contributed by atoms with Crippen molar-refractivity contribution in [2.24, 2.45) is 10.9 Å². The molecule has 0 radical (unpaired) electrons. The summed E-state index contributed by atoms with van der Waals surface area (Å²) in [6.07, 6.45) is 8.79. The van der Waals surface area contributed by atoms with Crippen LogP contribution in [0.1, 0.15) is 51.9 Å². The molecule has 1 N–H and O–H groups in total. The molecule has 1 heterocycles. The molecule has 0 bridgehead atoms. The maximum Gasteiger partial charge on any atom is 0.242 e. The molecule has 2 aliphatic rings. The Labute approximate surface area is 97.7 Å². The summed E-state index contributed by atoms with van der Waals surface area (Å²) in [7, 11) is 0. The summed E-state index contributed by atoms with van der Waals surface area (Å²) < 4.78 is 0. The Kier molecular flexibility index (Phi) is 4.10. The van der Waals surface area contributed by atoms with Gasteiger partial charge in [-0.15, -0.1) is 0 Å². The molecule has 0 spiro atoms. The van der Waals surface area contributed by atoms with Gasteiger partial charge in [0.2, 0.25) is 5.91 Å². The second-order valence-electron chi connectivity index (χ2n) is 5.06. The third-order valence-corrected chi connectivity index (χ3v) is 3.76. The Hall–Kier alpha value is -0.700. The third-order valence-electron chi connectivity index (χ3n) is 3.76. The number of nitrogens with zero attached hydrogens (tertiary/aromatic N) is 1. The van der Waals surface area contributed by atoms with E-state index < -0.39 is 0 Å². The van der Waals surface area contributed by atoms with Crippen molar-refractivity contribution in [1.82, 2.24) is 5.32 Å². The molecule has 2 rings (SSSR count). The van der Waals surface area contributed by atoms with Crippen LogP contribution in [0.5, 0.6) is 0 Å². The predicted octanol–water partition coefficient (Wildman–Crippen LogP) is 2.31. The average Bonchev–Trinajstić information content (AvgIpc) is 2.30. The number of carbonyl (C=O) groups is 1. The Balaban J connectivity index is 2.06. The number of carbonyl (C=O) groups excluding carboxylic acids is 1. The Bertz CT molecular complexity index is 280. The first-order valence-corrected chi connectivity index (χ1v) is 6.59. The fourth-order valence-electron chi connectivity index (χ4n) is 3.03. The van der Waals surface area contributed by atoms with Crippen LogP contribution in [-0.2, 0) is 4.79 Å². The SMILES string of the molecule is CC(=O)N=C1CCCNC1C1CCCCC1. The van der Waals surface area contributed by atoms with Gasteiger partial charge in [0.05, 0.1) is 0 Å². The number of hydrogen-bond acceptors (Lipinski definition) is 2. The van der Waals surface area contributed by atoms with Gasteiger partial charge in [0.15, 0.2) is 0 Å². The molecule has 0 aromatic carbocycles. The molecule has 3 nitrogen and oxygen atoms in total. The summed E-state index contributed by atoms with van der Waals surface area (Å²) in [4.78, 5) is 15.3. The predicted molar refractivity (Wildman–Crippen MR) is 65.7 cm³/mol. The number of nitrogens with one attached hydrogen (secondary N) is 1. The van der Waals surface area contributed by atoms with Crippen molar-refractivity contribution in [3.8, 4) is 0 Å². The summed E-state index contributed by atoms with van der Waals surface area (Å²) in [6.45, 7) is 2.64. The Morgan fingerprint density at radius 2 is 2.00 bits per heavy atom. The Morgan fingerprint density at radius 3 is 2.69 bits per heavy atom. The van der Waals surface area contributed by atoms with E-state index in [4.69, 9.17) is 0 Å². The van der Waals surface area contributed by atoms with Gasteiger partial charge in [0.25, 0.3) is 0 Å². The van der Waals surface area contributed by atoms with E-state index in [9.17, 15) is 4.79 Å². The van der Waals surface area contributed by atoms with Gasteiger partial charge in [-0.3, -0.25) is 4.79 Å². The number of rotatable bonds is 1. The lowest BCUT2D eigenvalue weighted by Crippen LogP contribution is -2.47. The molecule has 1 atom stereocenters. The summed E-state index contributed by atoms with van der Waals surface area (Å²) >= 11 is 0. The van der Waals surface area contributed by atoms with Crippen molar-refractivity contribution in [3.63, 3.8) is 0 Å². The van der Waals surface area contributed by atoms with Crippen LogP contribution < -0.4 is 5.32 Å². The molecule has 1 unspecified atom stereocenters. The van der Waals surface area contributed by atoms with Crippen molar-refractivity contribution >= 4 is 11.6 Å². The lowest BCUT2D eigenvalue weighted by molar-refractivity contribution is -0.115. The molecule has 90 valence electrons. The number of amides is 1. The van der Waals surface area contributed by atoms with Crippen LogP contribution in [0.4, 0.5) is 0 Å². The maximum atomic E-state index is 11.1. The van der Waals surface area contributed by atoms with Crippen LogP contribution >= 0.6 is 0 Å². The minimum Gasteiger partial charge on any atom is -0.309 e. The molecule has 16 heavy (non-hydrogen) atoms. The summed E-state index contributed by atoms with van der Waals surface area (Å²) in [5.74, 6) is 0.673. The summed E-state index contributed by atoms with van der Waals surface area (Å²) in [5.41, 5.74) is 1.12. The lowest BCUT2D eigenvalue weighted by Gasteiger charge is -2.34.